The van der Waals surface area contributed by atoms with E-state index in [1.165, 1.54) is 0 Å². The second-order valence-electron chi connectivity index (χ2n) is 0.492. The molecule has 0 radical (unpaired) electrons. The molecular weight excluding hydrogens is 88.2 g/mol. The first kappa shape index (κ1) is 4.31. The van der Waals surface area contributed by atoms with Crippen molar-refractivity contribution < 1.29 is 0 Å². The predicted molar refractivity (Wildman–Crippen MR) is 25.6 cm³/mol. The van der Waals surface area contributed by atoms with Gasteiger partial charge in [0.1, 0.15) is 0 Å². The van der Waals surface area contributed by atoms with Crippen LogP contribution in [0.4, 0.5) is 0 Å². The molecule has 0 aliphatic carbocycles. The fourth-order valence-corrected chi connectivity index (χ4v) is 0. The van der Waals surface area contributed by atoms with Gasteiger partial charge in [0, 0.05) is 0 Å². The van der Waals surface area contributed by atoms with Crippen molar-refractivity contribution in [3.8, 4) is 0 Å². The van der Waals surface area contributed by atoms with Crippen LogP contribution >= 0.6 is 12.2 Å². The molecule has 0 N–H and O–H groups in total. The van der Waals surface area contributed by atoms with Crippen LogP contribution in [-0.4, -0.2) is 4.20 Å². The van der Waals surface area contributed by atoms with Gasteiger partial charge >= 0.3 is 0 Å². The number of hydrogen-bond donors (Lipinski definition) is 0. The van der Waals surface area contributed by atoms with Crippen LogP contribution in [0.25, 0.3) is 0 Å². The molecule has 0 aromatic heterocycles. The lowest BCUT2D eigenvalue weighted by molar-refractivity contribution is 2.12. The molecule has 0 bridgehead atoms. The van der Waals surface area contributed by atoms with Crippen molar-refractivity contribution in [3.63, 3.8) is 0 Å². The van der Waals surface area contributed by atoms with Crippen LogP contribution in [0.3, 0.4) is 0 Å². The Labute approximate surface area is 36.6 Å². The Kier molecular flexibility index (Phi) is 1.74. The van der Waals surface area contributed by atoms with Crippen LogP contribution in [-0.2, 0) is 12.6 Å². The summed E-state index contributed by atoms with van der Waals surface area (Å²) in [5.41, 5.74) is 0. The molecule has 0 fully saturated rings. The minimum atomic E-state index is 0.583. The summed E-state index contributed by atoms with van der Waals surface area (Å²) in [6.07, 6.45) is 0. The van der Waals surface area contributed by atoms with E-state index in [0.717, 1.165) is 0 Å². The van der Waals surface area contributed by atoms with Gasteiger partial charge in [-0.05, 0) is 0 Å². The van der Waals surface area contributed by atoms with E-state index in [1.54, 1.807) is 6.92 Å². The third kappa shape index (κ3) is 41.3. The van der Waals surface area contributed by atoms with Gasteiger partial charge in [0.05, 0.1) is 0 Å². The molecule has 0 rings (SSSR count). The van der Waals surface area contributed by atoms with Gasteiger partial charge in [-0.1, -0.05) is 6.92 Å². The lowest BCUT2D eigenvalue weighted by Crippen LogP contribution is -1.65. The number of rotatable bonds is 0. The lowest BCUT2D eigenvalue weighted by Gasteiger charge is -1.81. The predicted octanol–water partition coefficient (Wildman–Crippen LogP) is 0.881. The largest absolute Gasteiger partial charge is 0.433 e. The topological polar surface area (TPSA) is 0 Å². The average molecular weight is 91.2 g/mol. The third-order valence-corrected chi connectivity index (χ3v) is 0. The smallest absolute Gasteiger partial charge is 0.0583 e. The van der Waals surface area contributed by atoms with Gasteiger partial charge in [0.2, 0.25) is 0 Å². The van der Waals surface area contributed by atoms with E-state index in [2.05, 4.69) is 24.8 Å². The Morgan fingerprint density at radius 3 is 2.00 bits per heavy atom. The Morgan fingerprint density at radius 1 is 2.00 bits per heavy atom. The van der Waals surface area contributed by atoms with Crippen LogP contribution in [0, 0.1) is 0 Å². The molecule has 0 amide bonds. The summed E-state index contributed by atoms with van der Waals surface area (Å²) in [5, 5.41) is 0. The number of hydrogen-bond acceptors (Lipinski definition) is 2. The maximum absolute atomic E-state index is 4.35. The summed E-state index contributed by atoms with van der Waals surface area (Å²) in [5.74, 6) is 0. The molecule has 0 unspecified atom stereocenters. The van der Waals surface area contributed by atoms with Gasteiger partial charge in [0.25, 0.3) is 0 Å². The van der Waals surface area contributed by atoms with Crippen LogP contribution in [0.15, 0.2) is 0 Å². The van der Waals surface area contributed by atoms with Crippen molar-refractivity contribution in [1.82, 2.24) is 0 Å². The SMILES string of the molecule is CC(=S)[S-]. The molecule has 0 nitrogen and oxygen atoms in total. The van der Waals surface area contributed by atoms with Gasteiger partial charge < -0.3 is 24.8 Å². The molecule has 0 saturated carbocycles. The maximum Gasteiger partial charge on any atom is -0.0583 e. The fraction of sp³-hybridized carbons (Fsp3) is 0.500. The molecule has 0 atom stereocenters. The molecule has 0 heterocycles. The lowest BCUT2D eigenvalue weighted by atomic mass is 11.0. The number of thiocarbonyl (C=S) groups is 1. The monoisotopic (exact) mass is 91.0 g/mol. The van der Waals surface area contributed by atoms with E-state index < -0.39 is 0 Å². The maximum atomic E-state index is 4.35. The van der Waals surface area contributed by atoms with Gasteiger partial charge in [-0.2, -0.15) is 4.20 Å². The Balaban J connectivity index is 2.80. The van der Waals surface area contributed by atoms with Crippen LogP contribution in [0.5, 0.6) is 0 Å². The second-order valence-corrected chi connectivity index (χ2v) is 1.97. The quantitative estimate of drug-likeness (QED) is 0.320. The van der Waals surface area contributed by atoms with Crippen molar-refractivity contribution in [2.75, 3.05) is 0 Å². The molecule has 0 aliphatic rings. The summed E-state index contributed by atoms with van der Waals surface area (Å²) in [6.45, 7) is 1.71. The third-order valence-electron chi connectivity index (χ3n) is 0. The first-order valence-electron chi connectivity index (χ1n) is 0.908. The van der Waals surface area contributed by atoms with Crippen molar-refractivity contribution in [3.05, 3.63) is 0 Å². The zero-order valence-electron chi connectivity index (χ0n) is 2.32. The molecule has 2 heteroatoms. The fourth-order valence-electron chi connectivity index (χ4n) is 0. The molecule has 0 aromatic carbocycles. The minimum Gasteiger partial charge on any atom is -0.433 e. The van der Waals surface area contributed by atoms with Crippen molar-refractivity contribution in [1.29, 1.82) is 0 Å². The van der Waals surface area contributed by atoms with Crippen molar-refractivity contribution in [2.24, 2.45) is 0 Å². The molecule has 0 aromatic rings. The minimum absolute atomic E-state index is 0.583. The molecular formula is C2H3S2-. The Morgan fingerprint density at radius 2 is 2.00 bits per heavy atom. The van der Waals surface area contributed by atoms with E-state index >= 15 is 0 Å². The first-order valence-corrected chi connectivity index (χ1v) is 1.72. The summed E-state index contributed by atoms with van der Waals surface area (Å²) in [6, 6.07) is 0. The Bertz CT molecular complexity index is 27.0. The van der Waals surface area contributed by atoms with E-state index in [9.17, 15) is 0 Å². The summed E-state index contributed by atoms with van der Waals surface area (Å²) in [7, 11) is 0. The summed E-state index contributed by atoms with van der Waals surface area (Å²) >= 11 is 8.70. The van der Waals surface area contributed by atoms with Gasteiger partial charge in [-0.15, -0.1) is 0 Å². The molecule has 0 saturated heterocycles. The highest BCUT2D eigenvalue weighted by Crippen LogP contribution is 1.58. The molecule has 24 valence electrons. The summed E-state index contributed by atoms with van der Waals surface area (Å²) < 4.78 is 0.583. The first-order chi connectivity index (χ1) is 1.73. The van der Waals surface area contributed by atoms with E-state index in [1.807, 2.05) is 0 Å². The second kappa shape index (κ2) is 1.61. The van der Waals surface area contributed by atoms with Gasteiger partial charge in [-0.25, -0.2) is 0 Å². The van der Waals surface area contributed by atoms with E-state index in [4.69, 9.17) is 0 Å². The van der Waals surface area contributed by atoms with Gasteiger partial charge in [-0.3, -0.25) is 0 Å². The highest BCUT2D eigenvalue weighted by molar-refractivity contribution is 8.00. The molecule has 0 aliphatic heterocycles. The van der Waals surface area contributed by atoms with E-state index in [0.29, 0.717) is 4.20 Å². The van der Waals surface area contributed by atoms with Crippen LogP contribution < -0.4 is 0 Å². The standard InChI is InChI=1S/C2H4S2/c1-2(3)4/h1H3,(H,3,4)/p-1. The zero-order chi connectivity index (χ0) is 3.58. The molecule has 4 heavy (non-hydrogen) atoms. The summed E-state index contributed by atoms with van der Waals surface area (Å²) in [4.78, 5) is 0. The normalized spacial score (nSPS) is 6.25. The van der Waals surface area contributed by atoms with Gasteiger partial charge in [0.15, 0.2) is 0 Å². The van der Waals surface area contributed by atoms with Crippen molar-refractivity contribution >= 4 is 29.0 Å². The van der Waals surface area contributed by atoms with Crippen LogP contribution in [0.2, 0.25) is 0 Å². The zero-order valence-corrected chi connectivity index (χ0v) is 3.95. The van der Waals surface area contributed by atoms with Crippen molar-refractivity contribution in [2.45, 2.75) is 6.92 Å². The van der Waals surface area contributed by atoms with E-state index in [-0.39, 0.29) is 0 Å². The highest BCUT2D eigenvalue weighted by atomic mass is 32.1. The highest BCUT2D eigenvalue weighted by Gasteiger charge is 1.37. The molecule has 0 spiro atoms. The van der Waals surface area contributed by atoms with Crippen LogP contribution in [0.1, 0.15) is 6.92 Å². The Hall–Kier alpha value is 0.310. The average Bonchev–Trinajstić information content (AvgIpc) is 0.811.